The van der Waals surface area contributed by atoms with E-state index in [1.54, 1.807) is 0 Å². The van der Waals surface area contributed by atoms with Gasteiger partial charge < -0.3 is 15.0 Å². The predicted molar refractivity (Wildman–Crippen MR) is 112 cm³/mol. The zero-order valence-corrected chi connectivity index (χ0v) is 15.7. The highest BCUT2D eigenvalue weighted by atomic mass is 16.5. The average molecular weight is 370 g/mol. The van der Waals surface area contributed by atoms with Crippen molar-refractivity contribution in [3.8, 4) is 11.5 Å². The van der Waals surface area contributed by atoms with Crippen molar-refractivity contribution in [1.29, 1.82) is 0 Å². The third-order valence-corrected chi connectivity index (χ3v) is 4.95. The average Bonchev–Trinajstić information content (AvgIpc) is 3.04. The maximum Gasteiger partial charge on any atom is 0.218 e. The van der Waals surface area contributed by atoms with E-state index in [0.29, 0.717) is 0 Å². The molecule has 0 bridgehead atoms. The number of fused-ring (bicyclic) bond motifs is 1. The largest absolute Gasteiger partial charge is 0.457 e. The smallest absolute Gasteiger partial charge is 0.218 e. The number of para-hydroxylation sites is 2. The molecule has 0 fully saturated rings. The van der Waals surface area contributed by atoms with Gasteiger partial charge in [0.2, 0.25) is 5.91 Å². The van der Waals surface area contributed by atoms with Gasteiger partial charge in [0.25, 0.3) is 0 Å². The Labute approximate surface area is 164 Å². The lowest BCUT2D eigenvalue weighted by molar-refractivity contribution is -0.118. The van der Waals surface area contributed by atoms with E-state index >= 15 is 0 Å². The zero-order valence-electron chi connectivity index (χ0n) is 15.7. The lowest BCUT2D eigenvalue weighted by Crippen LogP contribution is -2.16. The molecule has 0 saturated heterocycles. The predicted octanol–water partition coefficient (Wildman–Crippen LogP) is 4.98. The van der Waals surface area contributed by atoms with E-state index in [-0.39, 0.29) is 18.2 Å². The van der Waals surface area contributed by atoms with Crippen molar-refractivity contribution >= 4 is 16.8 Å². The number of hydrogen-bond donors (Lipinski definition) is 1. The van der Waals surface area contributed by atoms with Crippen LogP contribution in [0.25, 0.3) is 10.9 Å². The van der Waals surface area contributed by atoms with Gasteiger partial charge in [0.15, 0.2) is 0 Å². The Morgan fingerprint density at radius 1 is 0.964 bits per heavy atom. The molecular weight excluding hydrogens is 348 g/mol. The minimum absolute atomic E-state index is 0.136. The third kappa shape index (κ3) is 3.62. The second-order valence-electron chi connectivity index (χ2n) is 6.92. The molecule has 1 amide bonds. The second-order valence-corrected chi connectivity index (χ2v) is 6.92. The van der Waals surface area contributed by atoms with Crippen molar-refractivity contribution in [1.82, 2.24) is 4.57 Å². The highest BCUT2D eigenvalue weighted by molar-refractivity contribution is 5.86. The number of aryl methyl sites for hydroxylation is 1. The number of carbonyl (C=O) groups is 1. The first-order chi connectivity index (χ1) is 13.6. The summed E-state index contributed by atoms with van der Waals surface area (Å²) in [6, 6.07) is 25.7. The van der Waals surface area contributed by atoms with Crippen LogP contribution in [0.2, 0.25) is 0 Å². The van der Waals surface area contributed by atoms with E-state index in [9.17, 15) is 4.79 Å². The SMILES string of the molecule is Cn1cc(C(CC(N)=O)c2cccc(Oc3ccccc3)c2)c2ccccc21. The molecule has 140 valence electrons. The Morgan fingerprint density at radius 2 is 1.68 bits per heavy atom. The van der Waals surface area contributed by atoms with Crippen molar-refractivity contribution in [3.63, 3.8) is 0 Å². The normalized spacial score (nSPS) is 12.0. The number of amides is 1. The van der Waals surface area contributed by atoms with E-state index in [4.69, 9.17) is 10.5 Å². The first-order valence-electron chi connectivity index (χ1n) is 9.27. The Kier molecular flexibility index (Phi) is 4.85. The molecule has 2 N–H and O–H groups in total. The molecule has 0 spiro atoms. The number of hydrogen-bond acceptors (Lipinski definition) is 2. The summed E-state index contributed by atoms with van der Waals surface area (Å²) < 4.78 is 8.07. The van der Waals surface area contributed by atoms with Crippen LogP contribution in [0.1, 0.15) is 23.5 Å². The number of carbonyl (C=O) groups excluding carboxylic acids is 1. The summed E-state index contributed by atoms with van der Waals surface area (Å²) in [5, 5.41) is 1.13. The van der Waals surface area contributed by atoms with Crippen LogP contribution in [0.4, 0.5) is 0 Å². The van der Waals surface area contributed by atoms with Crippen LogP contribution in [-0.2, 0) is 11.8 Å². The van der Waals surface area contributed by atoms with E-state index in [1.165, 1.54) is 0 Å². The van der Waals surface area contributed by atoms with Crippen molar-refractivity contribution < 1.29 is 9.53 Å². The van der Waals surface area contributed by atoms with Gasteiger partial charge in [-0.1, -0.05) is 48.5 Å². The minimum atomic E-state index is -0.327. The molecule has 0 radical (unpaired) electrons. The van der Waals surface area contributed by atoms with Crippen LogP contribution >= 0.6 is 0 Å². The van der Waals surface area contributed by atoms with Gasteiger partial charge in [0, 0.05) is 36.5 Å². The molecule has 4 heteroatoms. The molecule has 0 aliphatic heterocycles. The van der Waals surface area contributed by atoms with Crippen LogP contribution in [0.15, 0.2) is 85.1 Å². The second kappa shape index (κ2) is 7.61. The Bertz CT molecular complexity index is 1120. The summed E-state index contributed by atoms with van der Waals surface area (Å²) in [5.41, 5.74) is 8.83. The number of benzene rings is 3. The summed E-state index contributed by atoms with van der Waals surface area (Å²) in [7, 11) is 2.02. The van der Waals surface area contributed by atoms with Crippen molar-refractivity contribution in [3.05, 3.63) is 96.2 Å². The fourth-order valence-corrected chi connectivity index (χ4v) is 3.68. The first kappa shape index (κ1) is 17.9. The molecule has 3 aromatic carbocycles. The number of nitrogens with zero attached hydrogens (tertiary/aromatic N) is 1. The van der Waals surface area contributed by atoms with Crippen molar-refractivity contribution in [2.45, 2.75) is 12.3 Å². The standard InChI is InChI=1S/C24H22N2O2/c1-26-16-22(20-12-5-6-13-23(20)26)21(15-24(25)27)17-8-7-11-19(14-17)28-18-9-3-2-4-10-18/h2-14,16,21H,15H2,1H3,(H2,25,27). The summed E-state index contributed by atoms with van der Waals surface area (Å²) in [6.07, 6.45) is 2.33. The van der Waals surface area contributed by atoms with Gasteiger partial charge in [0.05, 0.1) is 0 Å². The van der Waals surface area contributed by atoms with Crippen LogP contribution in [0, 0.1) is 0 Å². The zero-order chi connectivity index (χ0) is 19.5. The minimum Gasteiger partial charge on any atom is -0.457 e. The van der Waals surface area contributed by atoms with E-state index in [0.717, 1.165) is 33.5 Å². The van der Waals surface area contributed by atoms with Crippen LogP contribution in [-0.4, -0.2) is 10.5 Å². The van der Waals surface area contributed by atoms with E-state index in [1.807, 2.05) is 73.8 Å². The quantitative estimate of drug-likeness (QED) is 0.520. The number of ether oxygens (including phenoxy) is 1. The Balaban J connectivity index is 1.76. The fraction of sp³-hybridized carbons (Fsp3) is 0.125. The lowest BCUT2D eigenvalue weighted by Gasteiger charge is -2.17. The lowest BCUT2D eigenvalue weighted by atomic mass is 9.88. The molecule has 1 atom stereocenters. The Hall–Kier alpha value is -3.53. The topological polar surface area (TPSA) is 57.2 Å². The number of primary amides is 1. The molecule has 0 aliphatic rings. The Morgan fingerprint density at radius 3 is 2.46 bits per heavy atom. The molecule has 0 aliphatic carbocycles. The third-order valence-electron chi connectivity index (χ3n) is 4.95. The van der Waals surface area contributed by atoms with Gasteiger partial charge in [0.1, 0.15) is 11.5 Å². The van der Waals surface area contributed by atoms with Gasteiger partial charge in [-0.25, -0.2) is 0 Å². The summed E-state index contributed by atoms with van der Waals surface area (Å²) in [6.45, 7) is 0. The summed E-state index contributed by atoms with van der Waals surface area (Å²) in [4.78, 5) is 11.9. The molecule has 1 unspecified atom stereocenters. The molecular formula is C24H22N2O2. The molecule has 4 rings (SSSR count). The van der Waals surface area contributed by atoms with E-state index < -0.39 is 0 Å². The van der Waals surface area contributed by atoms with Crippen LogP contribution in [0.3, 0.4) is 0 Å². The molecule has 28 heavy (non-hydrogen) atoms. The van der Waals surface area contributed by atoms with Crippen LogP contribution in [0.5, 0.6) is 11.5 Å². The molecule has 0 saturated carbocycles. The number of aromatic nitrogens is 1. The van der Waals surface area contributed by atoms with Gasteiger partial charge in [-0.15, -0.1) is 0 Å². The van der Waals surface area contributed by atoms with Gasteiger partial charge in [-0.05, 0) is 41.5 Å². The molecule has 1 heterocycles. The highest BCUT2D eigenvalue weighted by Crippen LogP contribution is 2.36. The first-order valence-corrected chi connectivity index (χ1v) is 9.27. The van der Waals surface area contributed by atoms with Crippen LogP contribution < -0.4 is 10.5 Å². The molecule has 4 aromatic rings. The maximum atomic E-state index is 11.9. The highest BCUT2D eigenvalue weighted by Gasteiger charge is 2.21. The summed E-state index contributed by atoms with van der Waals surface area (Å²) >= 11 is 0. The number of nitrogens with two attached hydrogens (primary N) is 1. The summed E-state index contributed by atoms with van der Waals surface area (Å²) in [5.74, 6) is 1.05. The van der Waals surface area contributed by atoms with Crippen molar-refractivity contribution in [2.24, 2.45) is 12.8 Å². The number of rotatable bonds is 6. The van der Waals surface area contributed by atoms with E-state index in [2.05, 4.69) is 22.9 Å². The van der Waals surface area contributed by atoms with Crippen molar-refractivity contribution in [2.75, 3.05) is 0 Å². The molecule has 4 nitrogen and oxygen atoms in total. The fourth-order valence-electron chi connectivity index (χ4n) is 3.68. The van der Waals surface area contributed by atoms with Gasteiger partial charge in [-0.2, -0.15) is 0 Å². The van der Waals surface area contributed by atoms with Gasteiger partial charge in [-0.3, -0.25) is 4.79 Å². The van der Waals surface area contributed by atoms with Gasteiger partial charge >= 0.3 is 0 Å². The monoisotopic (exact) mass is 370 g/mol. The molecule has 1 aromatic heterocycles. The maximum absolute atomic E-state index is 11.9.